The lowest BCUT2D eigenvalue weighted by atomic mass is 9.98. The summed E-state index contributed by atoms with van der Waals surface area (Å²) in [7, 11) is 1.63. The molecule has 0 amide bonds. The Morgan fingerprint density at radius 2 is 2.00 bits per heavy atom. The van der Waals surface area contributed by atoms with E-state index in [0.29, 0.717) is 43.0 Å². The highest BCUT2D eigenvalue weighted by atomic mass is 79.9. The standard InChI is InChI=1S/C25H29BrN4O4/c1-3-33-24(31)14-30-9-7-17(8-10-30)15-34-23-13-21-20(12-22(23)32-2)25(28-16-27-21)29-19-6-4-5-18(26)11-19/h4-6,11-13,16-17H,3,7-10,14-15H2,1-2H3,(H,27,28,29). The zero-order valence-corrected chi connectivity index (χ0v) is 21.0. The second-order valence-corrected chi connectivity index (χ2v) is 9.13. The van der Waals surface area contributed by atoms with Gasteiger partial charge in [-0.15, -0.1) is 0 Å². The molecule has 8 nitrogen and oxygen atoms in total. The SMILES string of the molecule is CCOC(=O)CN1CCC(COc2cc3ncnc(Nc4cccc(Br)c4)c3cc2OC)CC1. The molecule has 1 saturated heterocycles. The number of benzene rings is 2. The first-order valence-corrected chi connectivity index (χ1v) is 12.2. The van der Waals surface area contributed by atoms with Gasteiger partial charge in [-0.3, -0.25) is 9.69 Å². The lowest BCUT2D eigenvalue weighted by molar-refractivity contribution is -0.144. The van der Waals surface area contributed by atoms with E-state index in [0.717, 1.165) is 47.0 Å². The zero-order valence-electron chi connectivity index (χ0n) is 19.4. The first kappa shape index (κ1) is 24.2. The Morgan fingerprint density at radius 3 is 2.74 bits per heavy atom. The number of anilines is 2. The molecule has 1 N–H and O–H groups in total. The third kappa shape index (κ3) is 6.15. The van der Waals surface area contributed by atoms with Gasteiger partial charge in [-0.2, -0.15) is 0 Å². The number of halogens is 1. The number of fused-ring (bicyclic) bond motifs is 1. The van der Waals surface area contributed by atoms with Gasteiger partial charge < -0.3 is 19.5 Å². The minimum Gasteiger partial charge on any atom is -0.493 e. The molecular formula is C25H29BrN4O4. The van der Waals surface area contributed by atoms with Gasteiger partial charge in [-0.1, -0.05) is 22.0 Å². The van der Waals surface area contributed by atoms with Crippen molar-refractivity contribution in [2.24, 2.45) is 5.92 Å². The van der Waals surface area contributed by atoms with Crippen LogP contribution in [-0.2, 0) is 9.53 Å². The number of piperidine rings is 1. The largest absolute Gasteiger partial charge is 0.493 e. The van der Waals surface area contributed by atoms with Crippen LogP contribution < -0.4 is 14.8 Å². The molecule has 3 aromatic rings. The Morgan fingerprint density at radius 1 is 1.18 bits per heavy atom. The first-order chi connectivity index (χ1) is 16.6. The fourth-order valence-electron chi connectivity index (χ4n) is 4.05. The predicted molar refractivity (Wildman–Crippen MR) is 135 cm³/mol. The molecule has 180 valence electrons. The normalized spacial score (nSPS) is 14.7. The van der Waals surface area contributed by atoms with Crippen molar-refractivity contribution in [1.29, 1.82) is 0 Å². The summed E-state index contributed by atoms with van der Waals surface area (Å²) >= 11 is 3.49. The third-order valence-corrected chi connectivity index (χ3v) is 6.34. The van der Waals surface area contributed by atoms with Crippen molar-refractivity contribution >= 4 is 44.3 Å². The van der Waals surface area contributed by atoms with Crippen molar-refractivity contribution in [3.05, 3.63) is 47.2 Å². The van der Waals surface area contributed by atoms with E-state index in [2.05, 4.69) is 36.1 Å². The topological polar surface area (TPSA) is 85.8 Å². The average Bonchev–Trinajstić information content (AvgIpc) is 2.83. The lowest BCUT2D eigenvalue weighted by Gasteiger charge is -2.31. The Balaban J connectivity index is 1.42. The van der Waals surface area contributed by atoms with Gasteiger partial charge in [0.05, 0.1) is 32.4 Å². The molecule has 0 spiro atoms. The fraction of sp³-hybridized carbons (Fsp3) is 0.400. The number of nitrogens with one attached hydrogen (secondary N) is 1. The van der Waals surface area contributed by atoms with E-state index < -0.39 is 0 Å². The maximum absolute atomic E-state index is 11.7. The molecule has 0 atom stereocenters. The highest BCUT2D eigenvalue weighted by Gasteiger charge is 2.22. The summed E-state index contributed by atoms with van der Waals surface area (Å²) in [5.41, 5.74) is 1.69. The highest BCUT2D eigenvalue weighted by Crippen LogP contribution is 2.35. The number of esters is 1. The molecule has 1 aliphatic rings. The highest BCUT2D eigenvalue weighted by molar-refractivity contribution is 9.10. The van der Waals surface area contributed by atoms with Gasteiger partial charge >= 0.3 is 5.97 Å². The van der Waals surface area contributed by atoms with Gasteiger partial charge in [0.1, 0.15) is 12.1 Å². The summed E-state index contributed by atoms with van der Waals surface area (Å²) in [4.78, 5) is 22.7. The van der Waals surface area contributed by atoms with Crippen LogP contribution in [0.4, 0.5) is 11.5 Å². The Kier molecular flexibility index (Phi) is 8.18. The van der Waals surface area contributed by atoms with E-state index in [4.69, 9.17) is 14.2 Å². The number of likely N-dealkylation sites (tertiary alicyclic amines) is 1. The Hall–Kier alpha value is -2.91. The quantitative estimate of drug-likeness (QED) is 0.396. The van der Waals surface area contributed by atoms with Crippen molar-refractivity contribution in [1.82, 2.24) is 14.9 Å². The van der Waals surface area contributed by atoms with E-state index >= 15 is 0 Å². The number of hydrogen-bond donors (Lipinski definition) is 1. The van der Waals surface area contributed by atoms with Crippen molar-refractivity contribution in [3.8, 4) is 11.5 Å². The number of methoxy groups -OCH3 is 1. The smallest absolute Gasteiger partial charge is 0.320 e. The van der Waals surface area contributed by atoms with Gasteiger partial charge in [0.2, 0.25) is 0 Å². The summed E-state index contributed by atoms with van der Waals surface area (Å²) in [5, 5.41) is 4.20. The number of ether oxygens (including phenoxy) is 3. The second-order valence-electron chi connectivity index (χ2n) is 8.21. The number of rotatable bonds is 9. The van der Waals surface area contributed by atoms with Crippen LogP contribution in [0.15, 0.2) is 47.2 Å². The fourth-order valence-corrected chi connectivity index (χ4v) is 4.45. The van der Waals surface area contributed by atoms with Crippen LogP contribution in [0.3, 0.4) is 0 Å². The molecule has 0 radical (unpaired) electrons. The van der Waals surface area contributed by atoms with E-state index in [1.54, 1.807) is 7.11 Å². The molecule has 0 saturated carbocycles. The Bertz CT molecular complexity index is 1140. The van der Waals surface area contributed by atoms with Gasteiger partial charge in [-0.25, -0.2) is 9.97 Å². The monoisotopic (exact) mass is 528 g/mol. The third-order valence-electron chi connectivity index (χ3n) is 5.85. The number of nitrogens with zero attached hydrogens (tertiary/aromatic N) is 3. The minimum atomic E-state index is -0.158. The number of carbonyl (C=O) groups excluding carboxylic acids is 1. The molecule has 2 heterocycles. The van der Waals surface area contributed by atoms with Crippen molar-refractivity contribution in [2.45, 2.75) is 19.8 Å². The molecule has 0 aliphatic carbocycles. The first-order valence-electron chi connectivity index (χ1n) is 11.4. The second kappa shape index (κ2) is 11.5. The van der Waals surface area contributed by atoms with Gasteiger partial charge in [0.25, 0.3) is 0 Å². The molecule has 1 aliphatic heterocycles. The minimum absolute atomic E-state index is 0.158. The van der Waals surface area contributed by atoms with Gasteiger partial charge in [0, 0.05) is 21.6 Å². The van der Waals surface area contributed by atoms with Crippen molar-refractivity contribution in [3.63, 3.8) is 0 Å². The van der Waals surface area contributed by atoms with Crippen LogP contribution in [0.1, 0.15) is 19.8 Å². The molecular weight excluding hydrogens is 500 g/mol. The predicted octanol–water partition coefficient (Wildman–Crippen LogP) is 4.80. The van der Waals surface area contributed by atoms with Crippen LogP contribution in [-0.4, -0.2) is 60.8 Å². The zero-order chi connectivity index (χ0) is 23.9. The molecule has 2 aromatic carbocycles. The van der Waals surface area contributed by atoms with E-state index in [-0.39, 0.29) is 5.97 Å². The number of carbonyl (C=O) groups is 1. The van der Waals surface area contributed by atoms with Crippen LogP contribution in [0.5, 0.6) is 11.5 Å². The summed E-state index contributed by atoms with van der Waals surface area (Å²) in [6.45, 7) is 4.91. The van der Waals surface area contributed by atoms with Crippen molar-refractivity contribution < 1.29 is 19.0 Å². The van der Waals surface area contributed by atoms with Gasteiger partial charge in [-0.05, 0) is 63.0 Å². The maximum Gasteiger partial charge on any atom is 0.320 e. The number of aromatic nitrogens is 2. The van der Waals surface area contributed by atoms with E-state index in [1.807, 2.05) is 43.3 Å². The van der Waals surface area contributed by atoms with Crippen LogP contribution >= 0.6 is 15.9 Å². The molecule has 9 heteroatoms. The summed E-state index contributed by atoms with van der Waals surface area (Å²) in [5.74, 6) is 2.25. The van der Waals surface area contributed by atoms with Crippen LogP contribution in [0, 0.1) is 5.92 Å². The van der Waals surface area contributed by atoms with Crippen LogP contribution in [0.25, 0.3) is 10.9 Å². The molecule has 4 rings (SSSR count). The molecule has 1 fully saturated rings. The Labute approximate surface area is 207 Å². The van der Waals surface area contributed by atoms with E-state index in [9.17, 15) is 4.79 Å². The summed E-state index contributed by atoms with van der Waals surface area (Å²) < 4.78 is 17.8. The number of hydrogen-bond acceptors (Lipinski definition) is 8. The summed E-state index contributed by atoms with van der Waals surface area (Å²) in [6.07, 6.45) is 3.48. The van der Waals surface area contributed by atoms with Gasteiger partial charge in [0.15, 0.2) is 11.5 Å². The van der Waals surface area contributed by atoms with Crippen molar-refractivity contribution in [2.75, 3.05) is 45.3 Å². The van der Waals surface area contributed by atoms with Crippen LogP contribution in [0.2, 0.25) is 0 Å². The molecule has 0 unspecified atom stereocenters. The molecule has 1 aromatic heterocycles. The molecule has 34 heavy (non-hydrogen) atoms. The maximum atomic E-state index is 11.7. The average molecular weight is 529 g/mol. The summed E-state index contributed by atoms with van der Waals surface area (Å²) in [6, 6.07) is 11.7. The lowest BCUT2D eigenvalue weighted by Crippen LogP contribution is -2.39. The van der Waals surface area contributed by atoms with E-state index in [1.165, 1.54) is 6.33 Å². The molecule has 0 bridgehead atoms.